The van der Waals surface area contributed by atoms with Gasteiger partial charge in [0.05, 0.1) is 6.10 Å². The molecule has 0 spiro atoms. The van der Waals surface area contributed by atoms with Gasteiger partial charge in [-0.15, -0.1) is 0 Å². The van der Waals surface area contributed by atoms with Crippen LogP contribution in [0.5, 0.6) is 5.75 Å². The van der Waals surface area contributed by atoms with Gasteiger partial charge in [-0.2, -0.15) is 0 Å². The first-order chi connectivity index (χ1) is 9.17. The summed E-state index contributed by atoms with van der Waals surface area (Å²) in [4.78, 5) is 0. The molecule has 3 nitrogen and oxygen atoms in total. The summed E-state index contributed by atoms with van der Waals surface area (Å²) in [5.41, 5.74) is 1.29. The summed E-state index contributed by atoms with van der Waals surface area (Å²) in [7, 11) is 0. The SMILES string of the molecule is CCNC(CCOCC)c1ccc(OC(C)C)cc1. The van der Waals surface area contributed by atoms with Crippen molar-refractivity contribution in [2.75, 3.05) is 19.8 Å². The minimum Gasteiger partial charge on any atom is -0.491 e. The van der Waals surface area contributed by atoms with Crippen molar-refractivity contribution < 1.29 is 9.47 Å². The van der Waals surface area contributed by atoms with Crippen LogP contribution in [0.3, 0.4) is 0 Å². The average molecular weight is 265 g/mol. The van der Waals surface area contributed by atoms with E-state index < -0.39 is 0 Å². The van der Waals surface area contributed by atoms with Crippen LogP contribution in [0.15, 0.2) is 24.3 Å². The van der Waals surface area contributed by atoms with Crippen LogP contribution in [-0.4, -0.2) is 25.9 Å². The number of rotatable bonds is 9. The Morgan fingerprint density at radius 1 is 1.11 bits per heavy atom. The highest BCUT2D eigenvalue weighted by Gasteiger charge is 2.10. The topological polar surface area (TPSA) is 30.5 Å². The van der Waals surface area contributed by atoms with Gasteiger partial charge >= 0.3 is 0 Å². The number of benzene rings is 1. The Balaban J connectivity index is 2.62. The fraction of sp³-hybridized carbons (Fsp3) is 0.625. The molecule has 0 aliphatic heterocycles. The smallest absolute Gasteiger partial charge is 0.119 e. The second-order valence-corrected chi connectivity index (χ2v) is 4.83. The molecule has 1 atom stereocenters. The molecule has 0 saturated carbocycles. The van der Waals surface area contributed by atoms with Crippen LogP contribution in [0.25, 0.3) is 0 Å². The number of nitrogens with one attached hydrogen (secondary N) is 1. The maximum absolute atomic E-state index is 5.66. The summed E-state index contributed by atoms with van der Waals surface area (Å²) in [5, 5.41) is 3.50. The highest BCUT2D eigenvalue weighted by molar-refractivity contribution is 5.29. The maximum Gasteiger partial charge on any atom is 0.119 e. The molecule has 1 N–H and O–H groups in total. The lowest BCUT2D eigenvalue weighted by molar-refractivity contribution is 0.136. The minimum atomic E-state index is 0.216. The van der Waals surface area contributed by atoms with Crippen molar-refractivity contribution in [1.29, 1.82) is 0 Å². The first-order valence-electron chi connectivity index (χ1n) is 7.25. The van der Waals surface area contributed by atoms with E-state index in [0.717, 1.165) is 31.9 Å². The van der Waals surface area contributed by atoms with Crippen molar-refractivity contribution in [3.05, 3.63) is 29.8 Å². The Hall–Kier alpha value is -1.06. The summed E-state index contributed by atoms with van der Waals surface area (Å²) < 4.78 is 11.1. The van der Waals surface area contributed by atoms with Crippen molar-refractivity contribution in [1.82, 2.24) is 5.32 Å². The van der Waals surface area contributed by atoms with E-state index in [1.165, 1.54) is 5.56 Å². The molecular formula is C16H27NO2. The summed E-state index contributed by atoms with van der Waals surface area (Å²) in [6.45, 7) is 10.8. The van der Waals surface area contributed by atoms with Crippen molar-refractivity contribution in [3.8, 4) is 5.75 Å². The van der Waals surface area contributed by atoms with Crippen LogP contribution in [0.2, 0.25) is 0 Å². The fourth-order valence-corrected chi connectivity index (χ4v) is 2.03. The lowest BCUT2D eigenvalue weighted by atomic mass is 10.0. The zero-order valence-corrected chi connectivity index (χ0v) is 12.6. The molecule has 108 valence electrons. The lowest BCUT2D eigenvalue weighted by Crippen LogP contribution is -2.22. The molecule has 0 saturated heterocycles. The Kier molecular flexibility index (Phi) is 7.53. The molecule has 0 aliphatic rings. The van der Waals surface area contributed by atoms with Gasteiger partial charge in [0.25, 0.3) is 0 Å². The third-order valence-corrected chi connectivity index (χ3v) is 2.86. The zero-order valence-electron chi connectivity index (χ0n) is 12.6. The zero-order chi connectivity index (χ0) is 14.1. The number of hydrogen-bond acceptors (Lipinski definition) is 3. The highest BCUT2D eigenvalue weighted by Crippen LogP contribution is 2.21. The predicted molar refractivity (Wildman–Crippen MR) is 79.7 cm³/mol. The van der Waals surface area contributed by atoms with E-state index in [9.17, 15) is 0 Å². The van der Waals surface area contributed by atoms with Gasteiger partial charge in [0.2, 0.25) is 0 Å². The van der Waals surface area contributed by atoms with Crippen LogP contribution < -0.4 is 10.1 Å². The third-order valence-electron chi connectivity index (χ3n) is 2.86. The van der Waals surface area contributed by atoms with Gasteiger partial charge in [-0.05, 0) is 51.4 Å². The molecule has 0 aromatic heterocycles. The van der Waals surface area contributed by atoms with Crippen molar-refractivity contribution in [3.63, 3.8) is 0 Å². The molecule has 19 heavy (non-hydrogen) atoms. The van der Waals surface area contributed by atoms with E-state index in [2.05, 4.69) is 24.4 Å². The van der Waals surface area contributed by atoms with Crippen molar-refractivity contribution in [2.45, 2.75) is 46.3 Å². The van der Waals surface area contributed by atoms with Crippen LogP contribution in [0.4, 0.5) is 0 Å². The summed E-state index contributed by atoms with van der Waals surface area (Å²) >= 11 is 0. The standard InChI is InChI=1S/C16H27NO2/c1-5-17-16(11-12-18-6-2)14-7-9-15(10-8-14)19-13(3)4/h7-10,13,16-17H,5-6,11-12H2,1-4H3. The Morgan fingerprint density at radius 2 is 1.79 bits per heavy atom. The van der Waals surface area contributed by atoms with Gasteiger partial charge < -0.3 is 14.8 Å². The van der Waals surface area contributed by atoms with Crippen molar-refractivity contribution in [2.24, 2.45) is 0 Å². The van der Waals surface area contributed by atoms with E-state index in [0.29, 0.717) is 6.04 Å². The molecular weight excluding hydrogens is 238 g/mol. The molecule has 1 rings (SSSR count). The van der Waals surface area contributed by atoms with Gasteiger partial charge in [0.1, 0.15) is 5.75 Å². The molecule has 1 unspecified atom stereocenters. The molecule has 1 aromatic rings. The number of hydrogen-bond donors (Lipinski definition) is 1. The van der Waals surface area contributed by atoms with E-state index in [1.807, 2.05) is 32.9 Å². The fourth-order valence-electron chi connectivity index (χ4n) is 2.03. The summed E-state index contributed by atoms with van der Waals surface area (Å²) in [5.74, 6) is 0.929. The predicted octanol–water partition coefficient (Wildman–Crippen LogP) is 3.55. The van der Waals surface area contributed by atoms with E-state index in [4.69, 9.17) is 9.47 Å². The summed E-state index contributed by atoms with van der Waals surface area (Å²) in [6.07, 6.45) is 1.21. The third kappa shape index (κ3) is 6.08. The van der Waals surface area contributed by atoms with Crippen molar-refractivity contribution >= 4 is 0 Å². The normalized spacial score (nSPS) is 12.7. The van der Waals surface area contributed by atoms with E-state index in [1.54, 1.807) is 0 Å². The molecule has 0 heterocycles. The molecule has 1 aromatic carbocycles. The van der Waals surface area contributed by atoms with Crippen LogP contribution in [0.1, 0.15) is 45.7 Å². The van der Waals surface area contributed by atoms with Gasteiger partial charge in [-0.3, -0.25) is 0 Å². The first kappa shape index (κ1) is 16.0. The molecule has 0 aliphatic carbocycles. The quantitative estimate of drug-likeness (QED) is 0.693. The van der Waals surface area contributed by atoms with Gasteiger partial charge in [0.15, 0.2) is 0 Å². The average Bonchev–Trinajstić information content (AvgIpc) is 2.38. The second-order valence-electron chi connectivity index (χ2n) is 4.83. The van der Waals surface area contributed by atoms with Gasteiger partial charge in [0, 0.05) is 19.3 Å². The van der Waals surface area contributed by atoms with E-state index >= 15 is 0 Å². The molecule has 0 bridgehead atoms. The van der Waals surface area contributed by atoms with Gasteiger partial charge in [-0.1, -0.05) is 19.1 Å². The lowest BCUT2D eigenvalue weighted by Gasteiger charge is -2.19. The summed E-state index contributed by atoms with van der Waals surface area (Å²) in [6, 6.07) is 8.71. The largest absolute Gasteiger partial charge is 0.491 e. The van der Waals surface area contributed by atoms with Crippen LogP contribution in [-0.2, 0) is 4.74 Å². The van der Waals surface area contributed by atoms with Crippen LogP contribution >= 0.6 is 0 Å². The first-order valence-corrected chi connectivity index (χ1v) is 7.25. The van der Waals surface area contributed by atoms with Gasteiger partial charge in [-0.25, -0.2) is 0 Å². The molecule has 0 amide bonds. The monoisotopic (exact) mass is 265 g/mol. The number of ether oxygens (including phenoxy) is 2. The molecule has 3 heteroatoms. The Labute approximate surface area is 117 Å². The Bertz CT molecular complexity index is 335. The van der Waals surface area contributed by atoms with Crippen LogP contribution in [0, 0.1) is 0 Å². The molecule has 0 radical (unpaired) electrons. The second kappa shape index (κ2) is 8.94. The Morgan fingerprint density at radius 3 is 2.32 bits per heavy atom. The maximum atomic E-state index is 5.66. The van der Waals surface area contributed by atoms with E-state index in [-0.39, 0.29) is 6.10 Å². The molecule has 0 fully saturated rings. The minimum absolute atomic E-state index is 0.216. The highest BCUT2D eigenvalue weighted by atomic mass is 16.5.